The third kappa shape index (κ3) is 3.45. The first-order chi connectivity index (χ1) is 14.3. The van der Waals surface area contributed by atoms with E-state index in [0.717, 1.165) is 66.7 Å². The van der Waals surface area contributed by atoms with Crippen LogP contribution in [0.3, 0.4) is 0 Å². The van der Waals surface area contributed by atoms with Crippen molar-refractivity contribution in [1.29, 1.82) is 0 Å². The third-order valence-corrected chi connectivity index (χ3v) is 5.18. The number of fused-ring (bicyclic) bond motifs is 1. The largest absolute Gasteiger partial charge is 0.355 e. The molecule has 3 aromatic heterocycles. The van der Waals surface area contributed by atoms with E-state index in [2.05, 4.69) is 15.2 Å². The monoisotopic (exact) mass is 388 g/mol. The standard InChI is InChI=1S/C22H21FN6/c23-17-4-2-16(3-5-17)21-26-19-6-7-20(28-14-1-10-24-13-15-28)27-22(19)29(21)18-8-11-25-12-9-18/h2-9,11-12,24H,1,10,13-15H2. The lowest BCUT2D eigenvalue weighted by molar-refractivity contribution is 0.628. The maximum Gasteiger partial charge on any atom is 0.167 e. The summed E-state index contributed by atoms with van der Waals surface area (Å²) >= 11 is 0. The minimum absolute atomic E-state index is 0.268. The van der Waals surface area contributed by atoms with E-state index in [1.165, 1.54) is 12.1 Å². The van der Waals surface area contributed by atoms with Gasteiger partial charge in [-0.15, -0.1) is 0 Å². The second-order valence-electron chi connectivity index (χ2n) is 7.09. The van der Waals surface area contributed by atoms with Crippen molar-refractivity contribution in [3.8, 4) is 17.1 Å². The Bertz CT molecular complexity index is 1120. The second-order valence-corrected chi connectivity index (χ2v) is 7.09. The minimum Gasteiger partial charge on any atom is -0.355 e. The number of halogens is 1. The molecule has 0 bridgehead atoms. The van der Waals surface area contributed by atoms with Gasteiger partial charge in [0.2, 0.25) is 0 Å². The number of hydrogen-bond donors (Lipinski definition) is 1. The van der Waals surface area contributed by atoms with Crippen molar-refractivity contribution in [1.82, 2.24) is 24.8 Å². The van der Waals surface area contributed by atoms with E-state index in [9.17, 15) is 4.39 Å². The van der Waals surface area contributed by atoms with Crippen LogP contribution in [-0.4, -0.2) is 45.7 Å². The molecule has 1 aliphatic rings. The number of benzene rings is 1. The van der Waals surface area contributed by atoms with E-state index >= 15 is 0 Å². The van der Waals surface area contributed by atoms with Gasteiger partial charge in [0.05, 0.1) is 5.69 Å². The number of aromatic nitrogens is 4. The molecule has 4 heterocycles. The molecule has 1 N–H and O–H groups in total. The lowest BCUT2D eigenvalue weighted by atomic mass is 10.2. The maximum absolute atomic E-state index is 13.5. The number of anilines is 1. The van der Waals surface area contributed by atoms with Crippen molar-refractivity contribution in [3.05, 3.63) is 66.7 Å². The van der Waals surface area contributed by atoms with E-state index in [1.807, 2.05) is 28.8 Å². The molecular weight excluding hydrogens is 367 g/mol. The topological polar surface area (TPSA) is 58.9 Å². The lowest BCUT2D eigenvalue weighted by Gasteiger charge is -2.21. The van der Waals surface area contributed by atoms with E-state index < -0.39 is 0 Å². The van der Waals surface area contributed by atoms with Crippen molar-refractivity contribution in [2.45, 2.75) is 6.42 Å². The normalized spacial score (nSPS) is 14.9. The molecule has 0 unspecified atom stereocenters. The fraction of sp³-hybridized carbons (Fsp3) is 0.227. The highest BCUT2D eigenvalue weighted by atomic mass is 19.1. The first-order valence-electron chi connectivity index (χ1n) is 9.81. The van der Waals surface area contributed by atoms with Crippen LogP contribution in [0.4, 0.5) is 10.2 Å². The highest BCUT2D eigenvalue weighted by molar-refractivity contribution is 5.81. The molecular formula is C22H21FN6. The smallest absolute Gasteiger partial charge is 0.167 e. The maximum atomic E-state index is 13.5. The highest BCUT2D eigenvalue weighted by Crippen LogP contribution is 2.29. The summed E-state index contributed by atoms with van der Waals surface area (Å²) in [5.74, 6) is 1.41. The average molecular weight is 388 g/mol. The Hall–Kier alpha value is -3.32. The Balaban J connectivity index is 1.69. The van der Waals surface area contributed by atoms with E-state index in [1.54, 1.807) is 24.5 Å². The van der Waals surface area contributed by atoms with Crippen LogP contribution < -0.4 is 10.2 Å². The quantitative estimate of drug-likeness (QED) is 0.583. The van der Waals surface area contributed by atoms with Crippen LogP contribution in [0, 0.1) is 5.82 Å². The minimum atomic E-state index is -0.268. The summed E-state index contributed by atoms with van der Waals surface area (Å²) < 4.78 is 15.5. The number of nitrogens with zero attached hydrogens (tertiary/aromatic N) is 5. The molecule has 0 atom stereocenters. The second kappa shape index (κ2) is 7.60. The van der Waals surface area contributed by atoms with Crippen LogP contribution in [0.25, 0.3) is 28.2 Å². The average Bonchev–Trinajstić information content (AvgIpc) is 2.93. The van der Waals surface area contributed by atoms with Gasteiger partial charge in [-0.2, -0.15) is 0 Å². The number of rotatable bonds is 3. The van der Waals surface area contributed by atoms with Crippen LogP contribution in [0.2, 0.25) is 0 Å². The molecule has 0 spiro atoms. The lowest BCUT2D eigenvalue weighted by Crippen LogP contribution is -2.28. The molecule has 1 aliphatic heterocycles. The zero-order valence-corrected chi connectivity index (χ0v) is 15.9. The van der Waals surface area contributed by atoms with Gasteiger partial charge in [0.1, 0.15) is 23.0 Å². The van der Waals surface area contributed by atoms with Crippen molar-refractivity contribution in [3.63, 3.8) is 0 Å². The van der Waals surface area contributed by atoms with E-state index in [0.29, 0.717) is 0 Å². The van der Waals surface area contributed by atoms with Crippen LogP contribution in [-0.2, 0) is 0 Å². The van der Waals surface area contributed by atoms with E-state index in [-0.39, 0.29) is 5.82 Å². The fourth-order valence-electron chi connectivity index (χ4n) is 3.73. The SMILES string of the molecule is Fc1ccc(-c2nc3ccc(N4CCCNCC4)nc3n2-c2ccncc2)cc1. The molecule has 5 rings (SSSR count). The van der Waals surface area contributed by atoms with Crippen molar-refractivity contribution in [2.24, 2.45) is 0 Å². The van der Waals surface area contributed by atoms with Gasteiger partial charge in [0, 0.05) is 37.6 Å². The Kier molecular flexibility index (Phi) is 4.65. The van der Waals surface area contributed by atoms with Gasteiger partial charge < -0.3 is 10.2 Å². The Morgan fingerprint density at radius 2 is 1.69 bits per heavy atom. The molecule has 0 amide bonds. The first-order valence-corrected chi connectivity index (χ1v) is 9.81. The predicted octanol–water partition coefficient (Wildman–Crippen LogP) is 3.42. The highest BCUT2D eigenvalue weighted by Gasteiger charge is 2.18. The summed E-state index contributed by atoms with van der Waals surface area (Å²) in [6, 6.07) is 14.3. The Morgan fingerprint density at radius 1 is 0.862 bits per heavy atom. The van der Waals surface area contributed by atoms with Gasteiger partial charge in [-0.25, -0.2) is 14.4 Å². The summed E-state index contributed by atoms with van der Waals surface area (Å²) in [7, 11) is 0. The van der Waals surface area contributed by atoms with Crippen molar-refractivity contribution in [2.75, 3.05) is 31.1 Å². The van der Waals surface area contributed by atoms with Crippen LogP contribution in [0.1, 0.15) is 6.42 Å². The van der Waals surface area contributed by atoms with Gasteiger partial charge in [-0.1, -0.05) is 0 Å². The van der Waals surface area contributed by atoms with Crippen LogP contribution in [0.15, 0.2) is 60.9 Å². The molecule has 4 aromatic rings. The fourth-order valence-corrected chi connectivity index (χ4v) is 3.73. The molecule has 0 saturated carbocycles. The molecule has 1 saturated heterocycles. The van der Waals surface area contributed by atoms with Crippen LogP contribution >= 0.6 is 0 Å². The molecule has 1 aromatic carbocycles. The number of imidazole rings is 1. The third-order valence-electron chi connectivity index (χ3n) is 5.18. The van der Waals surface area contributed by atoms with Gasteiger partial charge in [-0.05, 0) is 61.5 Å². The summed E-state index contributed by atoms with van der Waals surface area (Å²) in [4.78, 5) is 16.2. The zero-order chi connectivity index (χ0) is 19.6. The van der Waals surface area contributed by atoms with Gasteiger partial charge in [0.15, 0.2) is 5.65 Å². The van der Waals surface area contributed by atoms with Crippen LogP contribution in [0.5, 0.6) is 0 Å². The zero-order valence-electron chi connectivity index (χ0n) is 15.9. The van der Waals surface area contributed by atoms with Gasteiger partial charge in [0.25, 0.3) is 0 Å². The summed E-state index contributed by atoms with van der Waals surface area (Å²) in [6.07, 6.45) is 4.59. The molecule has 29 heavy (non-hydrogen) atoms. The van der Waals surface area contributed by atoms with E-state index in [4.69, 9.17) is 9.97 Å². The molecule has 6 nitrogen and oxygen atoms in total. The summed E-state index contributed by atoms with van der Waals surface area (Å²) in [5, 5.41) is 3.43. The molecule has 0 radical (unpaired) electrons. The number of pyridine rings is 2. The summed E-state index contributed by atoms with van der Waals surface area (Å²) in [6.45, 7) is 3.87. The van der Waals surface area contributed by atoms with Gasteiger partial charge >= 0.3 is 0 Å². The van der Waals surface area contributed by atoms with Crippen molar-refractivity contribution >= 4 is 17.0 Å². The molecule has 1 fully saturated rings. The molecule has 7 heteroatoms. The number of hydrogen-bond acceptors (Lipinski definition) is 5. The first kappa shape index (κ1) is 17.8. The summed E-state index contributed by atoms with van der Waals surface area (Å²) in [5.41, 5.74) is 3.34. The Labute approximate surface area is 168 Å². The molecule has 146 valence electrons. The van der Waals surface area contributed by atoms with Gasteiger partial charge in [-0.3, -0.25) is 9.55 Å². The van der Waals surface area contributed by atoms with Crippen molar-refractivity contribution < 1.29 is 4.39 Å². The molecule has 0 aliphatic carbocycles. The predicted molar refractivity (Wildman–Crippen MR) is 112 cm³/mol. The number of nitrogens with one attached hydrogen (secondary N) is 1. The Morgan fingerprint density at radius 3 is 2.52 bits per heavy atom.